The molecule has 0 aliphatic heterocycles. The summed E-state index contributed by atoms with van der Waals surface area (Å²) in [6.45, 7) is 2.18. The van der Waals surface area contributed by atoms with Gasteiger partial charge in [-0.2, -0.15) is 5.10 Å². The summed E-state index contributed by atoms with van der Waals surface area (Å²) in [5.41, 5.74) is 1.77. The number of rotatable bonds is 3. The van der Waals surface area contributed by atoms with Crippen LogP contribution in [0.2, 0.25) is 0 Å². The van der Waals surface area contributed by atoms with Gasteiger partial charge in [-0.3, -0.25) is 4.68 Å². The second-order valence-electron chi connectivity index (χ2n) is 3.69. The standard InChI is InChI=1S/C12H12BrFN2O/c1-8-12(13)10(16(2)15-8)7-17-11-6-4-3-5-9(11)14/h3-6H,7H2,1-2H3. The van der Waals surface area contributed by atoms with Crippen molar-refractivity contribution in [2.45, 2.75) is 13.5 Å². The van der Waals surface area contributed by atoms with Crippen molar-refractivity contribution in [3.05, 3.63) is 45.9 Å². The molecule has 0 N–H and O–H groups in total. The Morgan fingerprint density at radius 2 is 2.12 bits per heavy atom. The van der Waals surface area contributed by atoms with E-state index in [1.165, 1.54) is 6.07 Å². The molecule has 3 nitrogen and oxygen atoms in total. The van der Waals surface area contributed by atoms with Crippen LogP contribution >= 0.6 is 15.9 Å². The molecule has 2 rings (SSSR count). The normalized spacial score (nSPS) is 10.6. The molecular formula is C12H12BrFN2O. The molecule has 0 fully saturated rings. The highest BCUT2D eigenvalue weighted by atomic mass is 79.9. The lowest BCUT2D eigenvalue weighted by Gasteiger charge is -2.07. The maximum Gasteiger partial charge on any atom is 0.165 e. The minimum Gasteiger partial charge on any atom is -0.484 e. The Bertz CT molecular complexity index is 539. The molecule has 5 heteroatoms. The van der Waals surface area contributed by atoms with Crippen molar-refractivity contribution < 1.29 is 9.13 Å². The van der Waals surface area contributed by atoms with Crippen LogP contribution in [0, 0.1) is 12.7 Å². The largest absolute Gasteiger partial charge is 0.484 e. The van der Waals surface area contributed by atoms with Crippen molar-refractivity contribution in [3.63, 3.8) is 0 Å². The van der Waals surface area contributed by atoms with Gasteiger partial charge in [-0.25, -0.2) is 4.39 Å². The molecule has 0 saturated carbocycles. The van der Waals surface area contributed by atoms with Gasteiger partial charge in [0.2, 0.25) is 0 Å². The lowest BCUT2D eigenvalue weighted by atomic mass is 10.3. The summed E-state index contributed by atoms with van der Waals surface area (Å²) in [7, 11) is 1.83. The maximum absolute atomic E-state index is 13.3. The van der Waals surface area contributed by atoms with E-state index in [2.05, 4.69) is 21.0 Å². The molecule has 0 unspecified atom stereocenters. The van der Waals surface area contributed by atoms with Gasteiger partial charge in [0, 0.05) is 7.05 Å². The summed E-state index contributed by atoms with van der Waals surface area (Å²) in [4.78, 5) is 0. The highest BCUT2D eigenvalue weighted by molar-refractivity contribution is 9.10. The monoisotopic (exact) mass is 298 g/mol. The Morgan fingerprint density at radius 3 is 2.71 bits per heavy atom. The Labute approximate surface area is 107 Å². The molecule has 0 amide bonds. The van der Waals surface area contributed by atoms with Crippen LogP contribution in [0.25, 0.3) is 0 Å². The van der Waals surface area contributed by atoms with Gasteiger partial charge >= 0.3 is 0 Å². The first-order chi connectivity index (χ1) is 8.09. The first kappa shape index (κ1) is 12.1. The topological polar surface area (TPSA) is 27.1 Å². The van der Waals surface area contributed by atoms with E-state index >= 15 is 0 Å². The van der Waals surface area contributed by atoms with Crippen LogP contribution in [0.4, 0.5) is 4.39 Å². The number of nitrogens with zero attached hydrogens (tertiary/aromatic N) is 2. The SMILES string of the molecule is Cc1nn(C)c(COc2ccccc2F)c1Br. The minimum atomic E-state index is -0.359. The van der Waals surface area contributed by atoms with Crippen LogP contribution < -0.4 is 4.74 Å². The fraction of sp³-hybridized carbons (Fsp3) is 0.250. The first-order valence-electron chi connectivity index (χ1n) is 5.15. The predicted molar refractivity (Wildman–Crippen MR) is 66.4 cm³/mol. The third kappa shape index (κ3) is 2.49. The van der Waals surface area contributed by atoms with Gasteiger partial charge in [-0.15, -0.1) is 0 Å². The van der Waals surface area contributed by atoms with Crippen molar-refractivity contribution >= 4 is 15.9 Å². The lowest BCUT2D eigenvalue weighted by Crippen LogP contribution is -2.04. The van der Waals surface area contributed by atoms with E-state index in [1.807, 2.05) is 14.0 Å². The summed E-state index contributed by atoms with van der Waals surface area (Å²) < 4.78 is 21.4. The van der Waals surface area contributed by atoms with E-state index in [-0.39, 0.29) is 18.2 Å². The number of hydrogen-bond donors (Lipinski definition) is 0. The number of aromatic nitrogens is 2. The third-order valence-electron chi connectivity index (χ3n) is 2.46. The van der Waals surface area contributed by atoms with Crippen LogP contribution in [0.3, 0.4) is 0 Å². The van der Waals surface area contributed by atoms with Gasteiger partial charge < -0.3 is 4.74 Å². The highest BCUT2D eigenvalue weighted by Crippen LogP contribution is 2.23. The Kier molecular flexibility index (Phi) is 3.47. The number of hydrogen-bond acceptors (Lipinski definition) is 2. The summed E-state index contributed by atoms with van der Waals surface area (Å²) in [5.74, 6) is -0.110. The van der Waals surface area contributed by atoms with Crippen LogP contribution in [0.5, 0.6) is 5.75 Å². The second kappa shape index (κ2) is 4.87. The zero-order chi connectivity index (χ0) is 12.4. The van der Waals surface area contributed by atoms with E-state index in [0.717, 1.165) is 15.9 Å². The molecule has 0 atom stereocenters. The predicted octanol–water partition coefficient (Wildman–Crippen LogP) is 3.21. The van der Waals surface area contributed by atoms with Crippen molar-refractivity contribution in [3.8, 4) is 5.75 Å². The van der Waals surface area contributed by atoms with Gasteiger partial charge in [0.05, 0.1) is 15.9 Å². The average molecular weight is 299 g/mol. The quantitative estimate of drug-likeness (QED) is 0.870. The average Bonchev–Trinajstić information content (AvgIpc) is 2.53. The zero-order valence-corrected chi connectivity index (χ0v) is 11.2. The van der Waals surface area contributed by atoms with E-state index < -0.39 is 0 Å². The van der Waals surface area contributed by atoms with Crippen LogP contribution in [-0.4, -0.2) is 9.78 Å². The number of halogens is 2. The molecule has 17 heavy (non-hydrogen) atoms. The summed E-state index contributed by atoms with van der Waals surface area (Å²) >= 11 is 3.44. The fourth-order valence-corrected chi connectivity index (χ4v) is 2.00. The molecule has 0 aliphatic carbocycles. The number of benzene rings is 1. The smallest absolute Gasteiger partial charge is 0.165 e. The van der Waals surface area contributed by atoms with E-state index in [4.69, 9.17) is 4.74 Å². The molecule has 0 saturated heterocycles. The Morgan fingerprint density at radius 1 is 1.41 bits per heavy atom. The second-order valence-corrected chi connectivity index (χ2v) is 4.48. The van der Waals surface area contributed by atoms with Crippen molar-refractivity contribution in [2.24, 2.45) is 7.05 Å². The molecule has 0 spiro atoms. The molecular weight excluding hydrogens is 287 g/mol. The van der Waals surface area contributed by atoms with Crippen molar-refractivity contribution in [1.29, 1.82) is 0 Å². The molecule has 1 heterocycles. The number of ether oxygens (including phenoxy) is 1. The van der Waals surface area contributed by atoms with Crippen molar-refractivity contribution in [2.75, 3.05) is 0 Å². The molecule has 0 aliphatic rings. The van der Waals surface area contributed by atoms with Crippen molar-refractivity contribution in [1.82, 2.24) is 9.78 Å². The first-order valence-corrected chi connectivity index (χ1v) is 5.94. The molecule has 0 radical (unpaired) electrons. The fourth-order valence-electron chi connectivity index (χ4n) is 1.54. The lowest BCUT2D eigenvalue weighted by molar-refractivity contribution is 0.279. The zero-order valence-electron chi connectivity index (χ0n) is 9.58. The number of para-hydroxylation sites is 1. The van der Waals surface area contributed by atoms with Gasteiger partial charge in [0.1, 0.15) is 6.61 Å². The summed E-state index contributed by atoms with van der Waals surface area (Å²) in [5, 5.41) is 4.24. The van der Waals surface area contributed by atoms with Gasteiger partial charge in [-0.1, -0.05) is 12.1 Å². The van der Waals surface area contributed by atoms with Gasteiger partial charge in [-0.05, 0) is 35.0 Å². The Balaban J connectivity index is 2.15. The van der Waals surface area contributed by atoms with E-state index in [1.54, 1.807) is 22.9 Å². The van der Waals surface area contributed by atoms with Crippen LogP contribution in [-0.2, 0) is 13.7 Å². The molecule has 0 bridgehead atoms. The minimum absolute atomic E-state index is 0.248. The van der Waals surface area contributed by atoms with E-state index in [0.29, 0.717) is 0 Å². The molecule has 1 aromatic heterocycles. The molecule has 90 valence electrons. The summed E-state index contributed by atoms with van der Waals surface area (Å²) in [6.07, 6.45) is 0. The van der Waals surface area contributed by atoms with Crippen LogP contribution in [0.1, 0.15) is 11.4 Å². The highest BCUT2D eigenvalue weighted by Gasteiger charge is 2.11. The molecule has 2 aromatic rings. The van der Waals surface area contributed by atoms with Gasteiger partial charge in [0.25, 0.3) is 0 Å². The Hall–Kier alpha value is -1.36. The van der Waals surface area contributed by atoms with Gasteiger partial charge in [0.15, 0.2) is 11.6 Å². The number of aryl methyl sites for hydroxylation is 2. The maximum atomic E-state index is 13.3. The third-order valence-corrected chi connectivity index (χ3v) is 3.49. The van der Waals surface area contributed by atoms with E-state index in [9.17, 15) is 4.39 Å². The van der Waals surface area contributed by atoms with Crippen LogP contribution in [0.15, 0.2) is 28.7 Å². The summed E-state index contributed by atoms with van der Waals surface area (Å²) in [6, 6.07) is 6.35. The molecule has 1 aromatic carbocycles.